The van der Waals surface area contributed by atoms with Crippen LogP contribution < -0.4 is 0 Å². The van der Waals surface area contributed by atoms with Gasteiger partial charge in [-0.05, 0) is 41.8 Å². The average Bonchev–Trinajstić information content (AvgIpc) is 2.33. The molecule has 0 aliphatic heterocycles. The monoisotopic (exact) mass is 215 g/mol. The van der Waals surface area contributed by atoms with Crippen LogP contribution in [0.1, 0.15) is 21.5 Å². The molecule has 80 valence electrons. The third kappa shape index (κ3) is 2.31. The number of aldehydes is 1. The number of nitrogens with zero attached hydrogens (tertiary/aromatic N) is 1. The van der Waals surface area contributed by atoms with Crippen molar-refractivity contribution in [2.24, 2.45) is 0 Å². The number of pyridine rings is 1. The van der Waals surface area contributed by atoms with Gasteiger partial charge in [-0.2, -0.15) is 0 Å². The van der Waals surface area contributed by atoms with Crippen LogP contribution in [0.25, 0.3) is 0 Å². The molecule has 0 atom stereocenters. The van der Waals surface area contributed by atoms with E-state index in [0.29, 0.717) is 12.7 Å². The molecule has 1 aromatic heterocycles. The Morgan fingerprint density at radius 3 is 2.56 bits per heavy atom. The van der Waals surface area contributed by atoms with E-state index >= 15 is 0 Å². The summed E-state index contributed by atoms with van der Waals surface area (Å²) in [5.74, 6) is -0.478. The molecule has 2 aromatic rings. The fourth-order valence-electron chi connectivity index (χ4n) is 1.53. The summed E-state index contributed by atoms with van der Waals surface area (Å²) in [6, 6.07) is 8.36. The standard InChI is InChI=1S/C13H10FNO/c14-13-2-1-11(8-12(13)9-16)7-10-3-5-15-6-4-10/h1-6,8-9H,7H2. The predicted molar refractivity (Wildman–Crippen MR) is 58.8 cm³/mol. The van der Waals surface area contributed by atoms with Crippen LogP contribution in [0.2, 0.25) is 0 Å². The summed E-state index contributed by atoms with van der Waals surface area (Å²) >= 11 is 0. The zero-order valence-corrected chi connectivity index (χ0v) is 8.56. The van der Waals surface area contributed by atoms with Crippen LogP contribution in [0, 0.1) is 5.82 Å². The predicted octanol–water partition coefficient (Wildman–Crippen LogP) is 2.62. The molecular formula is C13H10FNO. The summed E-state index contributed by atoms with van der Waals surface area (Å²) < 4.78 is 13.1. The van der Waals surface area contributed by atoms with E-state index in [1.165, 1.54) is 6.07 Å². The van der Waals surface area contributed by atoms with Crippen molar-refractivity contribution in [2.75, 3.05) is 0 Å². The second kappa shape index (κ2) is 4.66. The summed E-state index contributed by atoms with van der Waals surface area (Å²) in [7, 11) is 0. The number of hydrogen-bond donors (Lipinski definition) is 0. The largest absolute Gasteiger partial charge is 0.298 e. The highest BCUT2D eigenvalue weighted by Crippen LogP contribution is 2.12. The van der Waals surface area contributed by atoms with Crippen molar-refractivity contribution >= 4 is 6.29 Å². The first kappa shape index (κ1) is 10.5. The Morgan fingerprint density at radius 2 is 1.88 bits per heavy atom. The lowest BCUT2D eigenvalue weighted by molar-refractivity contribution is 0.111. The highest BCUT2D eigenvalue weighted by atomic mass is 19.1. The highest BCUT2D eigenvalue weighted by Gasteiger charge is 2.03. The van der Waals surface area contributed by atoms with Gasteiger partial charge in [0.1, 0.15) is 5.82 Å². The van der Waals surface area contributed by atoms with Crippen molar-refractivity contribution in [1.29, 1.82) is 0 Å². The summed E-state index contributed by atoms with van der Waals surface area (Å²) in [4.78, 5) is 14.5. The molecule has 3 heteroatoms. The minimum atomic E-state index is -0.478. The molecule has 1 aromatic carbocycles. The number of rotatable bonds is 3. The van der Waals surface area contributed by atoms with Crippen molar-refractivity contribution in [3.63, 3.8) is 0 Å². The van der Waals surface area contributed by atoms with Gasteiger partial charge in [0.25, 0.3) is 0 Å². The topological polar surface area (TPSA) is 30.0 Å². The smallest absolute Gasteiger partial charge is 0.153 e. The minimum Gasteiger partial charge on any atom is -0.298 e. The fourth-order valence-corrected chi connectivity index (χ4v) is 1.53. The minimum absolute atomic E-state index is 0.103. The lowest BCUT2D eigenvalue weighted by atomic mass is 10.0. The van der Waals surface area contributed by atoms with Gasteiger partial charge in [-0.25, -0.2) is 4.39 Å². The summed E-state index contributed by atoms with van der Waals surface area (Å²) in [5.41, 5.74) is 2.10. The van der Waals surface area contributed by atoms with Gasteiger partial charge in [-0.3, -0.25) is 9.78 Å². The van der Waals surface area contributed by atoms with E-state index in [9.17, 15) is 9.18 Å². The van der Waals surface area contributed by atoms with Crippen molar-refractivity contribution in [3.8, 4) is 0 Å². The maximum absolute atomic E-state index is 13.1. The molecule has 0 unspecified atom stereocenters. The lowest BCUT2D eigenvalue weighted by Gasteiger charge is -2.02. The van der Waals surface area contributed by atoms with Crippen molar-refractivity contribution < 1.29 is 9.18 Å². The lowest BCUT2D eigenvalue weighted by Crippen LogP contribution is -1.93. The van der Waals surface area contributed by atoms with E-state index in [-0.39, 0.29) is 5.56 Å². The third-order valence-corrected chi connectivity index (χ3v) is 2.34. The number of carbonyl (C=O) groups excluding carboxylic acids is 1. The van der Waals surface area contributed by atoms with Crippen molar-refractivity contribution in [3.05, 3.63) is 65.2 Å². The molecule has 0 saturated carbocycles. The van der Waals surface area contributed by atoms with E-state index in [2.05, 4.69) is 4.98 Å². The van der Waals surface area contributed by atoms with Crippen molar-refractivity contribution in [1.82, 2.24) is 4.98 Å². The molecule has 0 aliphatic carbocycles. The van der Waals surface area contributed by atoms with Gasteiger partial charge in [0, 0.05) is 12.4 Å². The van der Waals surface area contributed by atoms with E-state index in [1.54, 1.807) is 24.5 Å². The van der Waals surface area contributed by atoms with Gasteiger partial charge in [-0.1, -0.05) is 6.07 Å². The van der Waals surface area contributed by atoms with E-state index in [4.69, 9.17) is 0 Å². The third-order valence-electron chi connectivity index (χ3n) is 2.34. The average molecular weight is 215 g/mol. The number of benzene rings is 1. The molecule has 16 heavy (non-hydrogen) atoms. The van der Waals surface area contributed by atoms with Crippen LogP contribution in [0.4, 0.5) is 4.39 Å². The van der Waals surface area contributed by atoms with Gasteiger partial charge in [0.2, 0.25) is 0 Å². The number of hydrogen-bond acceptors (Lipinski definition) is 2. The Labute approximate surface area is 92.8 Å². The Morgan fingerprint density at radius 1 is 1.12 bits per heavy atom. The molecular weight excluding hydrogens is 205 g/mol. The van der Waals surface area contributed by atoms with Crippen LogP contribution in [-0.4, -0.2) is 11.3 Å². The Bertz CT molecular complexity index is 497. The maximum Gasteiger partial charge on any atom is 0.153 e. The van der Waals surface area contributed by atoms with Crippen LogP contribution in [0.3, 0.4) is 0 Å². The maximum atomic E-state index is 13.1. The molecule has 0 spiro atoms. The van der Waals surface area contributed by atoms with Gasteiger partial charge in [0.15, 0.2) is 6.29 Å². The van der Waals surface area contributed by atoms with Gasteiger partial charge >= 0.3 is 0 Å². The molecule has 0 fully saturated rings. The molecule has 0 N–H and O–H groups in total. The first-order chi connectivity index (χ1) is 7.79. The normalized spacial score (nSPS) is 10.1. The molecule has 1 heterocycles. The molecule has 0 amide bonds. The molecule has 2 rings (SSSR count). The Balaban J connectivity index is 2.26. The highest BCUT2D eigenvalue weighted by molar-refractivity contribution is 5.75. The molecule has 0 radical (unpaired) electrons. The number of carbonyl (C=O) groups is 1. The SMILES string of the molecule is O=Cc1cc(Cc2ccncc2)ccc1F. The van der Waals surface area contributed by atoms with Crippen LogP contribution in [0.5, 0.6) is 0 Å². The zero-order chi connectivity index (χ0) is 11.4. The first-order valence-corrected chi connectivity index (χ1v) is 4.92. The zero-order valence-electron chi connectivity index (χ0n) is 8.56. The molecule has 0 aliphatic rings. The van der Waals surface area contributed by atoms with Crippen LogP contribution in [-0.2, 0) is 6.42 Å². The Kier molecular flexibility index (Phi) is 3.05. The molecule has 0 bridgehead atoms. The molecule has 0 saturated heterocycles. The van der Waals surface area contributed by atoms with Crippen LogP contribution >= 0.6 is 0 Å². The fraction of sp³-hybridized carbons (Fsp3) is 0.0769. The second-order valence-corrected chi connectivity index (χ2v) is 3.51. The number of halogens is 1. The van der Waals surface area contributed by atoms with Gasteiger partial charge in [0.05, 0.1) is 5.56 Å². The van der Waals surface area contributed by atoms with Crippen molar-refractivity contribution in [2.45, 2.75) is 6.42 Å². The Hall–Kier alpha value is -2.03. The second-order valence-electron chi connectivity index (χ2n) is 3.51. The molecule has 2 nitrogen and oxygen atoms in total. The van der Waals surface area contributed by atoms with Gasteiger partial charge in [-0.15, -0.1) is 0 Å². The number of aromatic nitrogens is 1. The van der Waals surface area contributed by atoms with E-state index < -0.39 is 5.82 Å². The first-order valence-electron chi connectivity index (χ1n) is 4.92. The van der Waals surface area contributed by atoms with Gasteiger partial charge < -0.3 is 0 Å². The summed E-state index contributed by atoms with van der Waals surface area (Å²) in [6.07, 6.45) is 4.62. The van der Waals surface area contributed by atoms with E-state index in [0.717, 1.165) is 11.1 Å². The summed E-state index contributed by atoms with van der Waals surface area (Å²) in [6.45, 7) is 0. The quantitative estimate of drug-likeness (QED) is 0.737. The van der Waals surface area contributed by atoms with E-state index in [1.807, 2.05) is 12.1 Å². The van der Waals surface area contributed by atoms with Crippen LogP contribution in [0.15, 0.2) is 42.7 Å². The summed E-state index contributed by atoms with van der Waals surface area (Å²) in [5, 5.41) is 0.